The second-order valence-corrected chi connectivity index (χ2v) is 12.0. The number of hydrogen-bond donors (Lipinski definition) is 1. The highest BCUT2D eigenvalue weighted by atomic mass is 32.2. The highest BCUT2D eigenvalue weighted by molar-refractivity contribution is 7.92. The lowest BCUT2D eigenvalue weighted by molar-refractivity contribution is -0.140. The Bertz CT molecular complexity index is 1590. The summed E-state index contributed by atoms with van der Waals surface area (Å²) >= 11 is 0. The topological polar surface area (TPSA) is 86.8 Å². The standard InChI is InChI=1S/C34H37N3O4S/c1-4-35-34(39)32(23-28-16-8-5-9-17-28)36(24-29-18-10-6-11-19-29)33(38)25-37(31-22-14-15-26(2)27(31)3)42(40,41)30-20-12-7-13-21-30/h5-22,32H,4,23-25H2,1-3H3,(H,35,39)/t32-/m0/s1. The average Bonchev–Trinajstić information content (AvgIpc) is 3.00. The molecule has 0 heterocycles. The van der Waals surface area contributed by atoms with Crippen molar-refractivity contribution in [2.75, 3.05) is 17.4 Å². The molecule has 0 aliphatic carbocycles. The summed E-state index contributed by atoms with van der Waals surface area (Å²) in [6, 6.07) is 31.6. The van der Waals surface area contributed by atoms with Crippen LogP contribution in [0.4, 0.5) is 5.69 Å². The van der Waals surface area contributed by atoms with Gasteiger partial charge >= 0.3 is 0 Å². The van der Waals surface area contributed by atoms with E-state index in [-0.39, 0.29) is 23.8 Å². The van der Waals surface area contributed by atoms with Gasteiger partial charge in [0, 0.05) is 19.5 Å². The Hall–Kier alpha value is -4.43. The van der Waals surface area contributed by atoms with Gasteiger partial charge in [-0.15, -0.1) is 0 Å². The first-order chi connectivity index (χ1) is 20.2. The number of likely N-dealkylation sites (N-methyl/N-ethyl adjacent to an activating group) is 1. The molecule has 2 amide bonds. The maximum absolute atomic E-state index is 14.4. The molecule has 0 unspecified atom stereocenters. The minimum absolute atomic E-state index is 0.0814. The number of sulfonamides is 1. The molecule has 0 radical (unpaired) electrons. The first-order valence-electron chi connectivity index (χ1n) is 14.0. The summed E-state index contributed by atoms with van der Waals surface area (Å²) in [7, 11) is -4.12. The van der Waals surface area contributed by atoms with E-state index in [0.29, 0.717) is 12.2 Å². The van der Waals surface area contributed by atoms with Crippen LogP contribution >= 0.6 is 0 Å². The van der Waals surface area contributed by atoms with Gasteiger partial charge in [-0.3, -0.25) is 13.9 Å². The van der Waals surface area contributed by atoms with E-state index in [0.717, 1.165) is 22.3 Å². The van der Waals surface area contributed by atoms with Gasteiger partial charge in [-0.1, -0.05) is 91.0 Å². The zero-order valence-corrected chi connectivity index (χ0v) is 25.1. The Morgan fingerprint density at radius 3 is 1.93 bits per heavy atom. The van der Waals surface area contributed by atoms with E-state index in [2.05, 4.69) is 5.32 Å². The summed E-state index contributed by atoms with van der Waals surface area (Å²) in [6.45, 7) is 5.64. The van der Waals surface area contributed by atoms with Gasteiger partial charge in [0.1, 0.15) is 12.6 Å². The molecule has 4 aromatic rings. The summed E-state index contributed by atoms with van der Waals surface area (Å²) in [5.41, 5.74) is 3.80. The molecule has 1 N–H and O–H groups in total. The molecule has 0 fully saturated rings. The average molecular weight is 584 g/mol. The predicted octanol–water partition coefficient (Wildman–Crippen LogP) is 5.27. The molecule has 0 saturated carbocycles. The minimum Gasteiger partial charge on any atom is -0.355 e. The van der Waals surface area contributed by atoms with Crippen LogP contribution in [0.25, 0.3) is 0 Å². The molecular formula is C34H37N3O4S. The number of hydrogen-bond acceptors (Lipinski definition) is 4. The van der Waals surface area contributed by atoms with Crippen LogP contribution in [0, 0.1) is 13.8 Å². The van der Waals surface area contributed by atoms with E-state index in [1.54, 1.807) is 30.3 Å². The number of carbonyl (C=O) groups excluding carboxylic acids is 2. The normalized spacial score (nSPS) is 11.9. The van der Waals surface area contributed by atoms with Crippen molar-refractivity contribution in [3.8, 4) is 0 Å². The molecule has 0 aromatic heterocycles. The van der Waals surface area contributed by atoms with E-state index >= 15 is 0 Å². The van der Waals surface area contributed by atoms with Crippen LogP contribution in [0.2, 0.25) is 0 Å². The van der Waals surface area contributed by atoms with Crippen LogP contribution in [-0.2, 0) is 32.6 Å². The molecule has 0 aliphatic heterocycles. The predicted molar refractivity (Wildman–Crippen MR) is 166 cm³/mol. The minimum atomic E-state index is -4.12. The van der Waals surface area contributed by atoms with E-state index in [9.17, 15) is 18.0 Å². The van der Waals surface area contributed by atoms with E-state index in [1.165, 1.54) is 21.3 Å². The summed E-state index contributed by atoms with van der Waals surface area (Å²) in [4.78, 5) is 29.5. The molecule has 7 nitrogen and oxygen atoms in total. The van der Waals surface area contributed by atoms with E-state index in [4.69, 9.17) is 0 Å². The van der Waals surface area contributed by atoms with Gasteiger partial charge in [-0.2, -0.15) is 0 Å². The second kappa shape index (κ2) is 14.0. The Labute approximate surface area is 248 Å². The van der Waals surface area contributed by atoms with Crippen molar-refractivity contribution in [1.82, 2.24) is 10.2 Å². The molecule has 8 heteroatoms. The van der Waals surface area contributed by atoms with Gasteiger partial charge < -0.3 is 10.2 Å². The van der Waals surface area contributed by atoms with Crippen LogP contribution < -0.4 is 9.62 Å². The smallest absolute Gasteiger partial charge is 0.264 e. The first kappa shape index (κ1) is 30.5. The van der Waals surface area contributed by atoms with Crippen LogP contribution in [0.1, 0.15) is 29.2 Å². The number of rotatable bonds is 12. The summed E-state index contributed by atoms with van der Waals surface area (Å²) in [6.07, 6.45) is 0.278. The van der Waals surface area contributed by atoms with Crippen molar-refractivity contribution in [2.24, 2.45) is 0 Å². The second-order valence-electron chi connectivity index (χ2n) is 10.2. The zero-order valence-electron chi connectivity index (χ0n) is 24.2. The van der Waals surface area contributed by atoms with Crippen molar-refractivity contribution in [3.05, 3.63) is 131 Å². The summed E-state index contributed by atoms with van der Waals surface area (Å²) in [5, 5.41) is 2.88. The van der Waals surface area contributed by atoms with Crippen LogP contribution in [-0.4, -0.2) is 44.3 Å². The molecule has 0 aliphatic rings. The fraction of sp³-hybridized carbons (Fsp3) is 0.235. The Kier molecular flexibility index (Phi) is 10.1. The SMILES string of the molecule is CCNC(=O)[C@H](Cc1ccccc1)N(Cc1ccccc1)C(=O)CN(c1cccc(C)c1C)S(=O)(=O)c1ccccc1. The van der Waals surface area contributed by atoms with Crippen LogP contribution in [0.5, 0.6) is 0 Å². The number of nitrogens with zero attached hydrogens (tertiary/aromatic N) is 2. The lowest BCUT2D eigenvalue weighted by Gasteiger charge is -2.34. The van der Waals surface area contributed by atoms with Gasteiger partial charge in [0.25, 0.3) is 10.0 Å². The fourth-order valence-electron chi connectivity index (χ4n) is 4.86. The molecule has 218 valence electrons. The van der Waals surface area contributed by atoms with Crippen molar-refractivity contribution in [1.29, 1.82) is 0 Å². The van der Waals surface area contributed by atoms with Crippen molar-refractivity contribution in [3.63, 3.8) is 0 Å². The molecule has 4 rings (SSSR count). The van der Waals surface area contributed by atoms with Gasteiger partial charge in [-0.25, -0.2) is 8.42 Å². The van der Waals surface area contributed by atoms with E-state index in [1.807, 2.05) is 87.5 Å². The maximum atomic E-state index is 14.4. The van der Waals surface area contributed by atoms with Crippen molar-refractivity contribution >= 4 is 27.5 Å². The summed E-state index contributed by atoms with van der Waals surface area (Å²) < 4.78 is 29.3. The third-order valence-electron chi connectivity index (χ3n) is 7.27. The van der Waals surface area contributed by atoms with Crippen molar-refractivity contribution in [2.45, 2.75) is 44.7 Å². The van der Waals surface area contributed by atoms with Crippen LogP contribution in [0.3, 0.4) is 0 Å². The molecule has 0 bridgehead atoms. The fourth-order valence-corrected chi connectivity index (χ4v) is 6.36. The number of aryl methyl sites for hydroxylation is 1. The van der Waals surface area contributed by atoms with Gasteiger partial charge in [-0.05, 0) is 61.2 Å². The Morgan fingerprint density at radius 2 is 1.33 bits per heavy atom. The largest absolute Gasteiger partial charge is 0.355 e. The van der Waals surface area contributed by atoms with Gasteiger partial charge in [0.2, 0.25) is 11.8 Å². The number of anilines is 1. The Balaban J connectivity index is 1.81. The lowest BCUT2D eigenvalue weighted by Crippen LogP contribution is -2.53. The Morgan fingerprint density at radius 1 is 0.762 bits per heavy atom. The third kappa shape index (κ3) is 7.25. The number of amides is 2. The molecule has 0 spiro atoms. The zero-order chi connectivity index (χ0) is 30.1. The molecule has 42 heavy (non-hydrogen) atoms. The van der Waals surface area contributed by atoms with Crippen LogP contribution in [0.15, 0.2) is 114 Å². The number of benzene rings is 4. The summed E-state index contributed by atoms with van der Waals surface area (Å²) in [5.74, 6) is -0.777. The van der Waals surface area contributed by atoms with Crippen molar-refractivity contribution < 1.29 is 18.0 Å². The lowest BCUT2D eigenvalue weighted by atomic mass is 10.0. The highest BCUT2D eigenvalue weighted by Crippen LogP contribution is 2.29. The number of nitrogens with one attached hydrogen (secondary N) is 1. The molecular weight excluding hydrogens is 546 g/mol. The number of carbonyl (C=O) groups is 2. The maximum Gasteiger partial charge on any atom is 0.264 e. The molecule has 4 aromatic carbocycles. The third-order valence-corrected chi connectivity index (χ3v) is 9.05. The van der Waals surface area contributed by atoms with E-state index < -0.39 is 28.5 Å². The monoisotopic (exact) mass is 583 g/mol. The van der Waals surface area contributed by atoms with Gasteiger partial charge in [0.05, 0.1) is 10.6 Å². The molecule has 1 atom stereocenters. The van der Waals surface area contributed by atoms with Gasteiger partial charge in [0.15, 0.2) is 0 Å². The highest BCUT2D eigenvalue weighted by Gasteiger charge is 2.35. The quantitative estimate of drug-likeness (QED) is 0.246. The first-order valence-corrected chi connectivity index (χ1v) is 15.5. The molecule has 0 saturated heterocycles.